The van der Waals surface area contributed by atoms with E-state index < -0.39 is 0 Å². The van der Waals surface area contributed by atoms with E-state index in [2.05, 4.69) is 4.98 Å². The zero-order valence-electron chi connectivity index (χ0n) is 11.0. The van der Waals surface area contributed by atoms with Gasteiger partial charge in [-0.15, -0.1) is 11.3 Å². The third kappa shape index (κ3) is 2.10. The minimum atomic E-state index is -0.297. The molecule has 0 spiro atoms. The highest BCUT2D eigenvalue weighted by atomic mass is 32.1. The number of methoxy groups -OCH3 is 1. The van der Waals surface area contributed by atoms with Crippen molar-refractivity contribution < 1.29 is 14.2 Å². The molecule has 5 heteroatoms. The monoisotopic (exact) mass is 289 g/mol. The van der Waals surface area contributed by atoms with Gasteiger partial charge in [0.1, 0.15) is 10.8 Å². The van der Waals surface area contributed by atoms with E-state index in [4.69, 9.17) is 4.74 Å². The number of aryl methyl sites for hydroxylation is 1. The van der Waals surface area contributed by atoms with Crippen molar-refractivity contribution in [3.05, 3.63) is 41.7 Å². The van der Waals surface area contributed by atoms with Gasteiger partial charge in [-0.05, 0) is 36.8 Å². The van der Waals surface area contributed by atoms with Crippen LogP contribution in [0.25, 0.3) is 20.8 Å². The van der Waals surface area contributed by atoms with Gasteiger partial charge in [-0.3, -0.25) is 0 Å². The van der Waals surface area contributed by atoms with Crippen LogP contribution in [0.4, 0.5) is 4.39 Å². The lowest BCUT2D eigenvalue weighted by atomic mass is 10.1. The van der Waals surface area contributed by atoms with Crippen molar-refractivity contribution in [3.8, 4) is 22.1 Å². The Morgan fingerprint density at radius 3 is 2.80 bits per heavy atom. The molecule has 0 bridgehead atoms. The summed E-state index contributed by atoms with van der Waals surface area (Å²) in [5.74, 6) is 0.239. The van der Waals surface area contributed by atoms with E-state index in [0.717, 1.165) is 15.3 Å². The molecule has 3 rings (SSSR count). The number of aromatic hydroxyl groups is 1. The third-order valence-corrected chi connectivity index (χ3v) is 4.17. The maximum atomic E-state index is 13.2. The quantitative estimate of drug-likeness (QED) is 0.771. The molecule has 102 valence electrons. The van der Waals surface area contributed by atoms with Crippen LogP contribution < -0.4 is 4.74 Å². The first-order valence-electron chi connectivity index (χ1n) is 6.02. The number of hydrogen-bond donors (Lipinski definition) is 1. The number of thiazole rings is 1. The molecule has 0 radical (unpaired) electrons. The molecule has 2 aromatic carbocycles. The highest BCUT2D eigenvalue weighted by Gasteiger charge is 2.12. The molecule has 0 aliphatic carbocycles. The van der Waals surface area contributed by atoms with Gasteiger partial charge in [-0.1, -0.05) is 0 Å². The summed E-state index contributed by atoms with van der Waals surface area (Å²) < 4.78 is 19.3. The summed E-state index contributed by atoms with van der Waals surface area (Å²) in [7, 11) is 1.51. The fourth-order valence-electron chi connectivity index (χ4n) is 2.05. The number of nitrogens with zero attached hydrogens (tertiary/aromatic N) is 1. The van der Waals surface area contributed by atoms with E-state index in [1.54, 1.807) is 19.1 Å². The molecule has 0 aliphatic heterocycles. The zero-order valence-corrected chi connectivity index (χ0v) is 11.8. The Hall–Kier alpha value is -2.14. The van der Waals surface area contributed by atoms with Crippen molar-refractivity contribution in [2.45, 2.75) is 6.92 Å². The highest BCUT2D eigenvalue weighted by molar-refractivity contribution is 7.21. The molecule has 3 nitrogen and oxygen atoms in total. The van der Waals surface area contributed by atoms with Crippen LogP contribution in [0.3, 0.4) is 0 Å². The van der Waals surface area contributed by atoms with Gasteiger partial charge >= 0.3 is 0 Å². The Bertz CT molecular complexity index is 798. The van der Waals surface area contributed by atoms with E-state index in [9.17, 15) is 9.50 Å². The van der Waals surface area contributed by atoms with Gasteiger partial charge in [0, 0.05) is 11.6 Å². The summed E-state index contributed by atoms with van der Waals surface area (Å²) in [6.07, 6.45) is 0. The average molecular weight is 289 g/mol. The van der Waals surface area contributed by atoms with Gasteiger partial charge in [-0.25, -0.2) is 9.37 Å². The summed E-state index contributed by atoms with van der Waals surface area (Å²) >= 11 is 1.48. The normalized spacial score (nSPS) is 10.9. The highest BCUT2D eigenvalue weighted by Crippen LogP contribution is 2.37. The molecule has 0 fully saturated rings. The zero-order chi connectivity index (χ0) is 14.3. The summed E-state index contributed by atoms with van der Waals surface area (Å²) in [5.41, 5.74) is 2.19. The lowest BCUT2D eigenvalue weighted by Gasteiger charge is -2.08. The Balaban J connectivity index is 2.17. The van der Waals surface area contributed by atoms with E-state index in [1.165, 1.54) is 30.6 Å². The number of ether oxygens (including phenoxy) is 1. The van der Waals surface area contributed by atoms with Crippen LogP contribution >= 0.6 is 11.3 Å². The van der Waals surface area contributed by atoms with Crippen molar-refractivity contribution in [1.29, 1.82) is 0 Å². The van der Waals surface area contributed by atoms with E-state index in [0.29, 0.717) is 16.8 Å². The minimum absolute atomic E-state index is 0.128. The van der Waals surface area contributed by atoms with Crippen molar-refractivity contribution in [2.24, 2.45) is 0 Å². The van der Waals surface area contributed by atoms with Gasteiger partial charge in [0.25, 0.3) is 0 Å². The summed E-state index contributed by atoms with van der Waals surface area (Å²) in [4.78, 5) is 4.43. The number of rotatable bonds is 2. The first-order valence-corrected chi connectivity index (χ1v) is 6.84. The molecular formula is C15H12FNO2S. The lowest BCUT2D eigenvalue weighted by molar-refractivity contribution is 0.372. The van der Waals surface area contributed by atoms with Crippen LogP contribution in [0, 0.1) is 12.7 Å². The Labute approximate surface area is 119 Å². The number of hydrogen-bond acceptors (Lipinski definition) is 4. The Morgan fingerprint density at radius 2 is 2.05 bits per heavy atom. The van der Waals surface area contributed by atoms with E-state index in [1.807, 2.05) is 6.07 Å². The summed E-state index contributed by atoms with van der Waals surface area (Å²) in [5, 5.41) is 10.6. The van der Waals surface area contributed by atoms with Crippen LogP contribution in [0.1, 0.15) is 5.56 Å². The van der Waals surface area contributed by atoms with Crippen LogP contribution in [-0.2, 0) is 0 Å². The third-order valence-electron chi connectivity index (χ3n) is 3.08. The topological polar surface area (TPSA) is 42.4 Å². The predicted octanol–water partition coefficient (Wildman–Crippen LogP) is 4.13. The molecule has 3 aromatic rings. The van der Waals surface area contributed by atoms with Gasteiger partial charge in [0.15, 0.2) is 11.5 Å². The van der Waals surface area contributed by atoms with Crippen LogP contribution in [0.2, 0.25) is 0 Å². The fraction of sp³-hybridized carbons (Fsp3) is 0.133. The molecular weight excluding hydrogens is 277 g/mol. The summed E-state index contributed by atoms with van der Waals surface area (Å²) in [6, 6.07) is 8.13. The molecule has 20 heavy (non-hydrogen) atoms. The number of phenols is 1. The lowest BCUT2D eigenvalue weighted by Crippen LogP contribution is -1.88. The first-order chi connectivity index (χ1) is 9.58. The fourth-order valence-corrected chi connectivity index (χ4v) is 2.98. The predicted molar refractivity (Wildman–Crippen MR) is 78.0 cm³/mol. The average Bonchev–Trinajstić information content (AvgIpc) is 2.84. The maximum absolute atomic E-state index is 13.2. The first kappa shape index (κ1) is 12.9. The van der Waals surface area contributed by atoms with E-state index in [-0.39, 0.29) is 11.6 Å². The maximum Gasteiger partial charge on any atom is 0.161 e. The van der Waals surface area contributed by atoms with Gasteiger partial charge < -0.3 is 9.84 Å². The number of benzene rings is 2. The standard InChI is InChI=1S/C15H12FNO2S/c1-8-5-9(6-12(19-2)14(8)18)15-17-11-7-10(16)3-4-13(11)20-15/h3-7,18H,1-2H3. The molecule has 0 saturated carbocycles. The van der Waals surface area contributed by atoms with Crippen molar-refractivity contribution in [1.82, 2.24) is 4.98 Å². The molecule has 1 heterocycles. The Morgan fingerprint density at radius 1 is 1.25 bits per heavy atom. The molecule has 0 aliphatic rings. The smallest absolute Gasteiger partial charge is 0.161 e. The molecule has 0 saturated heterocycles. The van der Waals surface area contributed by atoms with Crippen LogP contribution in [0.15, 0.2) is 30.3 Å². The van der Waals surface area contributed by atoms with Crippen molar-refractivity contribution in [2.75, 3.05) is 7.11 Å². The minimum Gasteiger partial charge on any atom is -0.504 e. The molecule has 0 atom stereocenters. The number of phenolic OH excluding ortho intramolecular Hbond substituents is 1. The van der Waals surface area contributed by atoms with Crippen LogP contribution in [0.5, 0.6) is 11.5 Å². The van der Waals surface area contributed by atoms with Crippen molar-refractivity contribution in [3.63, 3.8) is 0 Å². The number of fused-ring (bicyclic) bond motifs is 1. The van der Waals surface area contributed by atoms with Gasteiger partial charge in [0.05, 0.1) is 17.3 Å². The number of aromatic nitrogens is 1. The SMILES string of the molecule is COc1cc(-c2nc3cc(F)ccc3s2)cc(C)c1O. The van der Waals surface area contributed by atoms with Gasteiger partial charge in [-0.2, -0.15) is 0 Å². The molecule has 0 unspecified atom stereocenters. The second kappa shape index (κ2) is 4.76. The largest absolute Gasteiger partial charge is 0.504 e. The van der Waals surface area contributed by atoms with Crippen LogP contribution in [-0.4, -0.2) is 17.2 Å². The number of halogens is 1. The Kier molecular flexibility index (Phi) is 3.06. The summed E-state index contributed by atoms with van der Waals surface area (Å²) in [6.45, 7) is 1.80. The second-order valence-electron chi connectivity index (χ2n) is 4.48. The molecule has 1 N–H and O–H groups in total. The van der Waals surface area contributed by atoms with Crippen molar-refractivity contribution >= 4 is 21.6 Å². The van der Waals surface area contributed by atoms with Gasteiger partial charge in [0.2, 0.25) is 0 Å². The molecule has 0 amide bonds. The van der Waals surface area contributed by atoms with E-state index >= 15 is 0 Å². The molecule has 1 aromatic heterocycles. The second-order valence-corrected chi connectivity index (χ2v) is 5.51.